The van der Waals surface area contributed by atoms with Gasteiger partial charge in [0.2, 0.25) is 0 Å². The molecule has 0 aliphatic carbocycles. The van der Waals surface area contributed by atoms with Crippen LogP contribution in [-0.2, 0) is 6.54 Å². The SMILES string of the molecule is COc1ccc2cc(C(C)c3nc4ccccc4n3Cc3ccccc3C)ccc2c1. The normalized spacial score (nSPS) is 12.4. The number of methoxy groups -OCH3 is 1. The first kappa shape index (κ1) is 19.4. The van der Waals surface area contributed by atoms with Crippen molar-refractivity contribution in [2.45, 2.75) is 26.3 Å². The van der Waals surface area contributed by atoms with Crippen LogP contribution >= 0.6 is 0 Å². The molecule has 3 heteroatoms. The van der Waals surface area contributed by atoms with E-state index >= 15 is 0 Å². The Morgan fingerprint density at radius 1 is 0.871 bits per heavy atom. The first-order valence-corrected chi connectivity index (χ1v) is 10.7. The van der Waals surface area contributed by atoms with E-state index in [-0.39, 0.29) is 5.92 Å². The second-order valence-electron chi connectivity index (χ2n) is 8.17. The van der Waals surface area contributed by atoms with E-state index in [0.717, 1.165) is 23.6 Å². The lowest BCUT2D eigenvalue weighted by Gasteiger charge is -2.17. The number of aromatic nitrogens is 2. The molecule has 0 saturated carbocycles. The molecule has 0 amide bonds. The summed E-state index contributed by atoms with van der Waals surface area (Å²) < 4.78 is 7.75. The number of benzene rings is 4. The van der Waals surface area contributed by atoms with E-state index in [1.54, 1.807) is 7.11 Å². The van der Waals surface area contributed by atoms with Crippen molar-refractivity contribution in [1.82, 2.24) is 9.55 Å². The maximum atomic E-state index is 5.37. The molecular formula is C28H26N2O. The van der Waals surface area contributed by atoms with Crippen LogP contribution in [0.4, 0.5) is 0 Å². The second-order valence-corrected chi connectivity index (χ2v) is 8.17. The third-order valence-electron chi connectivity index (χ3n) is 6.23. The van der Waals surface area contributed by atoms with Crippen LogP contribution in [0.5, 0.6) is 5.75 Å². The van der Waals surface area contributed by atoms with Gasteiger partial charge in [-0.05, 0) is 58.7 Å². The van der Waals surface area contributed by atoms with E-state index < -0.39 is 0 Å². The Morgan fingerprint density at radius 3 is 2.45 bits per heavy atom. The average molecular weight is 407 g/mol. The zero-order valence-corrected chi connectivity index (χ0v) is 18.2. The van der Waals surface area contributed by atoms with Gasteiger partial charge < -0.3 is 9.30 Å². The summed E-state index contributed by atoms with van der Waals surface area (Å²) in [6, 6.07) is 29.9. The van der Waals surface area contributed by atoms with E-state index in [0.29, 0.717) is 0 Å². The van der Waals surface area contributed by atoms with Gasteiger partial charge in [-0.25, -0.2) is 4.98 Å². The fourth-order valence-corrected chi connectivity index (χ4v) is 4.34. The number of imidazole rings is 1. The minimum absolute atomic E-state index is 0.169. The van der Waals surface area contributed by atoms with Crippen LogP contribution in [0.25, 0.3) is 21.8 Å². The minimum atomic E-state index is 0.169. The molecule has 0 N–H and O–H groups in total. The van der Waals surface area contributed by atoms with E-state index in [1.807, 2.05) is 6.07 Å². The fraction of sp³-hybridized carbons (Fsp3) is 0.179. The van der Waals surface area contributed by atoms with Gasteiger partial charge in [-0.3, -0.25) is 0 Å². The van der Waals surface area contributed by atoms with Gasteiger partial charge in [0.05, 0.1) is 18.1 Å². The third kappa shape index (κ3) is 3.57. The van der Waals surface area contributed by atoms with Gasteiger partial charge in [0, 0.05) is 12.5 Å². The molecule has 0 bridgehead atoms. The van der Waals surface area contributed by atoms with Gasteiger partial charge in [0.15, 0.2) is 0 Å². The maximum absolute atomic E-state index is 5.37. The molecule has 0 spiro atoms. The maximum Gasteiger partial charge on any atom is 0.119 e. The Balaban J connectivity index is 1.60. The summed E-state index contributed by atoms with van der Waals surface area (Å²) in [5, 5.41) is 2.40. The van der Waals surface area contributed by atoms with Crippen molar-refractivity contribution in [3.05, 3.63) is 107 Å². The highest BCUT2D eigenvalue weighted by Gasteiger charge is 2.19. The van der Waals surface area contributed by atoms with Crippen molar-refractivity contribution >= 4 is 21.8 Å². The molecule has 0 aliphatic heterocycles. The van der Waals surface area contributed by atoms with Gasteiger partial charge in [-0.15, -0.1) is 0 Å². The number of rotatable bonds is 5. The number of fused-ring (bicyclic) bond motifs is 2. The van der Waals surface area contributed by atoms with Crippen molar-refractivity contribution in [2.75, 3.05) is 7.11 Å². The quantitative estimate of drug-likeness (QED) is 0.324. The summed E-state index contributed by atoms with van der Waals surface area (Å²) in [6.07, 6.45) is 0. The van der Waals surface area contributed by atoms with Crippen molar-refractivity contribution in [3.8, 4) is 5.75 Å². The lowest BCUT2D eigenvalue weighted by molar-refractivity contribution is 0.415. The standard InChI is InChI=1S/C28H26N2O/c1-19-8-4-5-9-24(19)18-30-27-11-7-6-10-26(27)29-28(30)20(2)21-12-13-23-17-25(31-3)15-14-22(23)16-21/h4-17,20H,18H2,1-3H3. The molecule has 154 valence electrons. The first-order chi connectivity index (χ1) is 15.1. The van der Waals surface area contributed by atoms with E-state index in [1.165, 1.54) is 33.0 Å². The molecular weight excluding hydrogens is 380 g/mol. The number of aryl methyl sites for hydroxylation is 1. The molecule has 1 atom stereocenters. The predicted molar refractivity (Wildman–Crippen MR) is 128 cm³/mol. The summed E-state index contributed by atoms with van der Waals surface area (Å²) in [7, 11) is 1.70. The molecule has 0 aliphatic rings. The van der Waals surface area contributed by atoms with Crippen LogP contribution in [0.15, 0.2) is 84.9 Å². The number of hydrogen-bond acceptors (Lipinski definition) is 2. The van der Waals surface area contributed by atoms with Gasteiger partial charge >= 0.3 is 0 Å². The van der Waals surface area contributed by atoms with Crippen molar-refractivity contribution < 1.29 is 4.74 Å². The minimum Gasteiger partial charge on any atom is -0.497 e. The van der Waals surface area contributed by atoms with Gasteiger partial charge in [0.1, 0.15) is 11.6 Å². The molecule has 1 heterocycles. The lowest BCUT2D eigenvalue weighted by Crippen LogP contribution is -2.10. The Labute approximate surface area is 182 Å². The number of hydrogen-bond donors (Lipinski definition) is 0. The highest BCUT2D eigenvalue weighted by atomic mass is 16.5. The average Bonchev–Trinajstić information content (AvgIpc) is 3.17. The van der Waals surface area contributed by atoms with Gasteiger partial charge in [0.25, 0.3) is 0 Å². The van der Waals surface area contributed by atoms with Crippen molar-refractivity contribution in [3.63, 3.8) is 0 Å². The molecule has 0 radical (unpaired) electrons. The van der Waals surface area contributed by atoms with E-state index in [9.17, 15) is 0 Å². The van der Waals surface area contributed by atoms with Crippen molar-refractivity contribution in [1.29, 1.82) is 0 Å². The molecule has 1 unspecified atom stereocenters. The second kappa shape index (κ2) is 7.92. The van der Waals surface area contributed by atoms with Gasteiger partial charge in [-0.2, -0.15) is 0 Å². The summed E-state index contributed by atoms with van der Waals surface area (Å²) in [5.41, 5.74) is 6.11. The zero-order valence-electron chi connectivity index (χ0n) is 18.2. The number of para-hydroxylation sites is 2. The van der Waals surface area contributed by atoms with Crippen LogP contribution in [0.2, 0.25) is 0 Å². The van der Waals surface area contributed by atoms with Crippen LogP contribution in [-0.4, -0.2) is 16.7 Å². The molecule has 0 fully saturated rings. The van der Waals surface area contributed by atoms with Crippen LogP contribution in [0, 0.1) is 6.92 Å². The highest BCUT2D eigenvalue weighted by Crippen LogP contribution is 2.31. The van der Waals surface area contributed by atoms with Crippen LogP contribution in [0.1, 0.15) is 35.4 Å². The lowest BCUT2D eigenvalue weighted by atomic mass is 9.96. The molecule has 4 aromatic carbocycles. The summed E-state index contributed by atoms with van der Waals surface area (Å²) in [6.45, 7) is 5.24. The Bertz CT molecular complexity index is 1380. The van der Waals surface area contributed by atoms with Crippen LogP contribution in [0.3, 0.4) is 0 Å². The van der Waals surface area contributed by atoms with E-state index in [2.05, 4.69) is 97.3 Å². The summed E-state index contributed by atoms with van der Waals surface area (Å²) in [5.74, 6) is 2.15. The Kier molecular flexibility index (Phi) is 4.95. The smallest absolute Gasteiger partial charge is 0.119 e. The van der Waals surface area contributed by atoms with E-state index in [4.69, 9.17) is 9.72 Å². The molecule has 31 heavy (non-hydrogen) atoms. The fourth-order valence-electron chi connectivity index (χ4n) is 4.34. The monoisotopic (exact) mass is 406 g/mol. The molecule has 5 aromatic rings. The summed E-state index contributed by atoms with van der Waals surface area (Å²) >= 11 is 0. The molecule has 5 rings (SSSR count). The largest absolute Gasteiger partial charge is 0.497 e. The molecule has 1 aromatic heterocycles. The molecule has 0 saturated heterocycles. The first-order valence-electron chi connectivity index (χ1n) is 10.7. The van der Waals surface area contributed by atoms with Gasteiger partial charge in [-0.1, -0.05) is 67.6 Å². The Morgan fingerprint density at radius 2 is 1.61 bits per heavy atom. The number of nitrogens with zero attached hydrogens (tertiary/aromatic N) is 2. The summed E-state index contributed by atoms with van der Waals surface area (Å²) in [4.78, 5) is 5.07. The predicted octanol–water partition coefficient (Wildman–Crippen LogP) is 6.71. The highest BCUT2D eigenvalue weighted by molar-refractivity contribution is 5.85. The molecule has 3 nitrogen and oxygen atoms in total. The van der Waals surface area contributed by atoms with Crippen molar-refractivity contribution in [2.24, 2.45) is 0 Å². The number of ether oxygens (including phenoxy) is 1. The third-order valence-corrected chi connectivity index (χ3v) is 6.23. The van der Waals surface area contributed by atoms with Crippen LogP contribution < -0.4 is 4.74 Å². The topological polar surface area (TPSA) is 27.1 Å². The Hall–Kier alpha value is -3.59. The zero-order chi connectivity index (χ0) is 21.4.